The van der Waals surface area contributed by atoms with Crippen LogP contribution < -0.4 is 20.5 Å². The molecule has 0 saturated carbocycles. The van der Waals surface area contributed by atoms with Crippen LogP contribution in [0.3, 0.4) is 0 Å². The van der Waals surface area contributed by atoms with Gasteiger partial charge in [0.15, 0.2) is 0 Å². The number of rotatable bonds is 7. The van der Waals surface area contributed by atoms with E-state index in [1.165, 1.54) is 24.5 Å². The molecule has 0 amide bonds. The van der Waals surface area contributed by atoms with Crippen molar-refractivity contribution in [3.63, 3.8) is 0 Å². The van der Waals surface area contributed by atoms with E-state index in [4.69, 9.17) is 22.1 Å². The van der Waals surface area contributed by atoms with Crippen LogP contribution in [-0.2, 0) is 10.0 Å². The number of fused-ring (bicyclic) bond motifs is 1. The molecule has 0 bridgehead atoms. The van der Waals surface area contributed by atoms with Gasteiger partial charge in [0.05, 0.1) is 22.5 Å². The lowest BCUT2D eigenvalue weighted by Crippen LogP contribution is -2.27. The summed E-state index contributed by atoms with van der Waals surface area (Å²) in [7, 11) is -3.29. The van der Waals surface area contributed by atoms with E-state index in [2.05, 4.69) is 20.0 Å². The number of nitrogens with two attached hydrogens (primary N) is 1. The third-order valence-electron chi connectivity index (χ3n) is 3.67. The number of halogens is 2. The van der Waals surface area contributed by atoms with Crippen LogP contribution in [0.2, 0.25) is 5.02 Å². The monoisotopic (exact) mass is 425 g/mol. The summed E-state index contributed by atoms with van der Waals surface area (Å²) in [5.41, 5.74) is 7.49. The van der Waals surface area contributed by atoms with Crippen molar-refractivity contribution in [2.24, 2.45) is 0 Å². The van der Waals surface area contributed by atoms with Crippen molar-refractivity contribution < 1.29 is 17.5 Å². The summed E-state index contributed by atoms with van der Waals surface area (Å²) in [6.45, 7) is 0.214. The fourth-order valence-electron chi connectivity index (χ4n) is 2.42. The topological polar surface area (TPSA) is 119 Å². The maximum atomic E-state index is 13.3. The van der Waals surface area contributed by atoms with Crippen LogP contribution in [0.25, 0.3) is 10.9 Å². The predicted octanol–water partition coefficient (Wildman–Crippen LogP) is 2.68. The molecule has 0 spiro atoms. The van der Waals surface area contributed by atoms with Gasteiger partial charge in [-0.05, 0) is 24.3 Å². The zero-order chi connectivity index (χ0) is 20.3. The second kappa shape index (κ2) is 8.13. The lowest BCUT2D eigenvalue weighted by Gasteiger charge is -2.13. The first kappa shape index (κ1) is 20.1. The summed E-state index contributed by atoms with van der Waals surface area (Å²) >= 11 is 5.81. The summed E-state index contributed by atoms with van der Waals surface area (Å²) in [4.78, 5) is 8.40. The zero-order valence-electron chi connectivity index (χ0n) is 14.7. The van der Waals surface area contributed by atoms with Gasteiger partial charge in [-0.1, -0.05) is 11.6 Å². The molecule has 148 valence electrons. The number of ether oxygens (including phenoxy) is 1. The third-order valence-corrected chi connectivity index (χ3v) is 4.69. The highest BCUT2D eigenvalue weighted by molar-refractivity contribution is 7.88. The van der Waals surface area contributed by atoms with Gasteiger partial charge in [-0.25, -0.2) is 27.5 Å². The summed E-state index contributed by atoms with van der Waals surface area (Å²) in [5.74, 6) is 0.318. The molecule has 0 saturated heterocycles. The number of benzene rings is 2. The highest BCUT2D eigenvalue weighted by Crippen LogP contribution is 2.31. The average Bonchev–Trinajstić information content (AvgIpc) is 2.62. The maximum Gasteiger partial charge on any atom is 0.208 e. The second-order valence-electron chi connectivity index (χ2n) is 5.90. The predicted molar refractivity (Wildman–Crippen MR) is 107 cm³/mol. The van der Waals surface area contributed by atoms with Gasteiger partial charge in [0.2, 0.25) is 10.0 Å². The summed E-state index contributed by atoms with van der Waals surface area (Å²) in [6.07, 6.45) is 2.43. The number of anilines is 3. The van der Waals surface area contributed by atoms with Gasteiger partial charge in [0.25, 0.3) is 0 Å². The highest BCUT2D eigenvalue weighted by Gasteiger charge is 2.11. The molecule has 8 nitrogen and oxygen atoms in total. The van der Waals surface area contributed by atoms with Crippen LogP contribution in [0, 0.1) is 5.82 Å². The van der Waals surface area contributed by atoms with Crippen LogP contribution in [0.5, 0.6) is 5.75 Å². The fraction of sp³-hybridized carbons (Fsp3) is 0.176. The molecule has 3 rings (SSSR count). The van der Waals surface area contributed by atoms with E-state index in [0.29, 0.717) is 33.8 Å². The van der Waals surface area contributed by atoms with Crippen LogP contribution in [0.4, 0.5) is 21.6 Å². The minimum atomic E-state index is -3.29. The van der Waals surface area contributed by atoms with Gasteiger partial charge in [-0.2, -0.15) is 0 Å². The van der Waals surface area contributed by atoms with Crippen molar-refractivity contribution in [2.45, 2.75) is 0 Å². The van der Waals surface area contributed by atoms with E-state index in [0.717, 1.165) is 6.26 Å². The molecule has 0 radical (unpaired) electrons. The first-order valence-electron chi connectivity index (χ1n) is 8.07. The Balaban J connectivity index is 1.82. The Bertz CT molecular complexity index is 1130. The number of nitrogen functional groups attached to an aromatic ring is 1. The first-order valence-corrected chi connectivity index (χ1v) is 10.3. The minimum Gasteiger partial charge on any atom is -0.490 e. The van der Waals surface area contributed by atoms with Crippen molar-refractivity contribution in [1.82, 2.24) is 14.7 Å². The Kier molecular flexibility index (Phi) is 5.82. The molecule has 0 unspecified atom stereocenters. The third kappa shape index (κ3) is 4.97. The number of aromatic nitrogens is 2. The molecular formula is C17H17ClFN5O3S. The van der Waals surface area contributed by atoms with E-state index < -0.39 is 15.8 Å². The smallest absolute Gasteiger partial charge is 0.208 e. The normalized spacial score (nSPS) is 11.5. The van der Waals surface area contributed by atoms with E-state index in [9.17, 15) is 12.8 Å². The van der Waals surface area contributed by atoms with E-state index in [1.54, 1.807) is 12.1 Å². The standard InChI is InChI=1S/C17H17ClFN5O3S/c1-28(25,26)23-4-5-27-16-8-15-11(7-14(16)20)17(22-9-21-15)24-10-2-3-13(19)12(18)6-10/h2-3,6-9,23H,4-5,20H2,1H3,(H,21,22,24). The van der Waals surface area contributed by atoms with Crippen molar-refractivity contribution >= 4 is 49.7 Å². The molecular weight excluding hydrogens is 409 g/mol. The minimum absolute atomic E-state index is 0.0127. The number of hydrogen-bond acceptors (Lipinski definition) is 7. The van der Waals surface area contributed by atoms with Crippen LogP contribution in [-0.4, -0.2) is 37.8 Å². The Labute approximate surface area is 165 Å². The first-order chi connectivity index (χ1) is 13.2. The average molecular weight is 426 g/mol. The van der Waals surface area contributed by atoms with Crippen molar-refractivity contribution in [3.8, 4) is 5.75 Å². The largest absolute Gasteiger partial charge is 0.490 e. The maximum absolute atomic E-state index is 13.3. The van der Waals surface area contributed by atoms with Crippen LogP contribution in [0.1, 0.15) is 0 Å². The number of hydrogen-bond donors (Lipinski definition) is 3. The van der Waals surface area contributed by atoms with Gasteiger partial charge in [-0.3, -0.25) is 0 Å². The SMILES string of the molecule is CS(=O)(=O)NCCOc1cc2ncnc(Nc3ccc(F)c(Cl)c3)c2cc1N. The molecule has 1 aromatic heterocycles. The van der Waals surface area contributed by atoms with Gasteiger partial charge in [0, 0.05) is 23.7 Å². The molecule has 0 aliphatic heterocycles. The molecule has 3 aromatic rings. The van der Waals surface area contributed by atoms with Crippen molar-refractivity contribution in [3.05, 3.63) is 47.5 Å². The van der Waals surface area contributed by atoms with Crippen LogP contribution in [0.15, 0.2) is 36.7 Å². The van der Waals surface area contributed by atoms with Gasteiger partial charge < -0.3 is 15.8 Å². The molecule has 28 heavy (non-hydrogen) atoms. The Morgan fingerprint density at radius 2 is 2.04 bits per heavy atom. The zero-order valence-corrected chi connectivity index (χ0v) is 16.3. The quantitative estimate of drug-likeness (QED) is 0.393. The van der Waals surface area contributed by atoms with E-state index in [-0.39, 0.29) is 18.2 Å². The Morgan fingerprint density at radius 1 is 1.25 bits per heavy atom. The fourth-order valence-corrected chi connectivity index (χ4v) is 3.06. The molecule has 4 N–H and O–H groups in total. The van der Waals surface area contributed by atoms with Gasteiger partial charge in [0.1, 0.15) is 30.3 Å². The molecule has 11 heteroatoms. The molecule has 0 aliphatic rings. The second-order valence-corrected chi connectivity index (χ2v) is 8.14. The van der Waals surface area contributed by atoms with Crippen molar-refractivity contribution in [2.75, 3.05) is 30.5 Å². The molecule has 0 fully saturated rings. The molecule has 1 heterocycles. The molecule has 2 aromatic carbocycles. The summed E-state index contributed by atoms with van der Waals surface area (Å²) < 4.78 is 43.3. The van der Waals surface area contributed by atoms with Crippen LogP contribution >= 0.6 is 11.6 Å². The molecule has 0 atom stereocenters. The van der Waals surface area contributed by atoms with Gasteiger partial charge >= 0.3 is 0 Å². The lowest BCUT2D eigenvalue weighted by atomic mass is 10.2. The number of nitrogens with one attached hydrogen (secondary N) is 2. The molecule has 0 aliphatic carbocycles. The number of sulfonamides is 1. The lowest BCUT2D eigenvalue weighted by molar-refractivity contribution is 0.325. The van der Waals surface area contributed by atoms with Gasteiger partial charge in [-0.15, -0.1) is 0 Å². The van der Waals surface area contributed by atoms with E-state index in [1.807, 2.05) is 0 Å². The Hall–Kier alpha value is -2.69. The highest BCUT2D eigenvalue weighted by atomic mass is 35.5. The summed E-state index contributed by atoms with van der Waals surface area (Å²) in [5, 5.41) is 3.67. The summed E-state index contributed by atoms with van der Waals surface area (Å²) in [6, 6.07) is 7.50. The Morgan fingerprint density at radius 3 is 2.75 bits per heavy atom. The number of nitrogens with zero attached hydrogens (tertiary/aromatic N) is 2. The van der Waals surface area contributed by atoms with E-state index >= 15 is 0 Å². The van der Waals surface area contributed by atoms with Crippen molar-refractivity contribution in [1.29, 1.82) is 0 Å².